The predicted octanol–water partition coefficient (Wildman–Crippen LogP) is 5.18. The average molecular weight is 548 g/mol. The summed E-state index contributed by atoms with van der Waals surface area (Å²) >= 11 is 18.2. The van der Waals surface area contributed by atoms with Crippen LogP contribution in [0.25, 0.3) is 0 Å². The van der Waals surface area contributed by atoms with Crippen molar-refractivity contribution in [2.24, 2.45) is 0 Å². The number of halogens is 4. The molecule has 12 heteroatoms. The largest absolute Gasteiger partial charge is 0.480 e. The maximum atomic E-state index is 12.5. The van der Waals surface area contributed by atoms with Crippen molar-refractivity contribution in [1.29, 1.82) is 0 Å². The Balaban J connectivity index is 0.00000324. The van der Waals surface area contributed by atoms with Crippen molar-refractivity contribution < 1.29 is 19.4 Å². The summed E-state index contributed by atoms with van der Waals surface area (Å²) in [6, 6.07) is 2.34. The molecule has 1 saturated carbocycles. The van der Waals surface area contributed by atoms with Gasteiger partial charge in [-0.2, -0.15) is 0 Å². The van der Waals surface area contributed by atoms with E-state index >= 15 is 0 Å². The van der Waals surface area contributed by atoms with Gasteiger partial charge in [0.25, 0.3) is 5.91 Å². The van der Waals surface area contributed by atoms with Gasteiger partial charge in [0.15, 0.2) is 5.60 Å². The van der Waals surface area contributed by atoms with Gasteiger partial charge in [0, 0.05) is 24.5 Å². The second kappa shape index (κ2) is 11.0. The molecule has 2 aromatic heterocycles. The van der Waals surface area contributed by atoms with E-state index in [4.69, 9.17) is 39.5 Å². The first-order valence-electron chi connectivity index (χ1n) is 10.4. The minimum absolute atomic E-state index is 0. The molecule has 3 N–H and O–H groups in total. The maximum absolute atomic E-state index is 12.5. The van der Waals surface area contributed by atoms with Gasteiger partial charge in [0.2, 0.25) is 5.22 Å². The summed E-state index contributed by atoms with van der Waals surface area (Å²) in [7, 11) is 0. The number of pyridine rings is 2. The van der Waals surface area contributed by atoms with Gasteiger partial charge in [-0.25, -0.2) is 4.79 Å². The summed E-state index contributed by atoms with van der Waals surface area (Å²) in [6.45, 7) is 0. The summed E-state index contributed by atoms with van der Waals surface area (Å²) in [6.07, 6.45) is 9.00. The van der Waals surface area contributed by atoms with Crippen molar-refractivity contribution in [2.45, 2.75) is 50.2 Å². The third kappa shape index (κ3) is 5.51. The zero-order valence-corrected chi connectivity index (χ0v) is 20.9. The van der Waals surface area contributed by atoms with E-state index in [1.54, 1.807) is 12.1 Å². The highest BCUT2D eigenvalue weighted by molar-refractivity contribution is 6.40. The monoisotopic (exact) mass is 546 g/mol. The van der Waals surface area contributed by atoms with Gasteiger partial charge in [-0.05, 0) is 49.4 Å². The number of amides is 1. The number of aromatic nitrogens is 2. The summed E-state index contributed by atoms with van der Waals surface area (Å²) in [4.78, 5) is 32.5. The van der Waals surface area contributed by atoms with E-state index in [-0.39, 0.29) is 39.7 Å². The van der Waals surface area contributed by atoms with Gasteiger partial charge in [-0.15, -0.1) is 12.4 Å². The normalized spacial score (nSPS) is 17.1. The Morgan fingerprint density at radius 3 is 2.32 bits per heavy atom. The van der Waals surface area contributed by atoms with Crippen LogP contribution in [0, 0.1) is 0 Å². The van der Waals surface area contributed by atoms with Crippen LogP contribution in [-0.4, -0.2) is 38.6 Å². The van der Waals surface area contributed by atoms with Gasteiger partial charge in [0.1, 0.15) is 11.7 Å². The number of aliphatic carboxylic acids is 1. The molecular formula is C22H22Cl4N4O4. The molecule has 1 aliphatic heterocycles. The molecule has 8 nitrogen and oxygen atoms in total. The Labute approximate surface area is 217 Å². The van der Waals surface area contributed by atoms with E-state index in [0.717, 1.165) is 32.1 Å². The lowest BCUT2D eigenvalue weighted by molar-refractivity contribution is -0.139. The predicted molar refractivity (Wildman–Crippen MR) is 132 cm³/mol. The fraction of sp³-hybridized carbons (Fsp3) is 0.364. The Kier molecular flexibility index (Phi) is 8.52. The van der Waals surface area contributed by atoms with E-state index in [9.17, 15) is 14.7 Å². The zero-order chi connectivity index (χ0) is 23.6. The van der Waals surface area contributed by atoms with Crippen molar-refractivity contribution in [2.75, 3.05) is 5.32 Å². The average Bonchev–Trinajstić information content (AvgIpc) is 2.78. The lowest BCUT2D eigenvalue weighted by atomic mass is 9.80. The second-order valence-corrected chi connectivity index (χ2v) is 9.17. The molecule has 1 fully saturated rings. The minimum atomic E-state index is -1.02. The number of hydrogen-bond donors (Lipinski definition) is 3. The van der Waals surface area contributed by atoms with Gasteiger partial charge in [-0.1, -0.05) is 29.6 Å². The topological polar surface area (TPSA) is 113 Å². The highest BCUT2D eigenvalue weighted by Gasteiger charge is 2.49. The standard InChI is InChI=1S/C22H21Cl3N4O4.ClH/c23-14-10-26-11-15(24)17(14)20(30)28-13-5-4-12(27-9-13)8-16(21(31)32)29-18-19(25)33-22(18)6-2-1-3-7-22;/h4-5,9-11,16,29H,1-3,6-8H2,(H,28,30)(H,31,32);1H. The second-order valence-electron chi connectivity index (χ2n) is 8.02. The van der Waals surface area contributed by atoms with Crippen LogP contribution in [0.2, 0.25) is 10.0 Å². The van der Waals surface area contributed by atoms with Crippen molar-refractivity contribution >= 4 is 64.8 Å². The van der Waals surface area contributed by atoms with Crippen LogP contribution in [0.15, 0.2) is 41.6 Å². The summed E-state index contributed by atoms with van der Waals surface area (Å²) in [5, 5.41) is 16.0. The number of carboxylic acids is 1. The third-order valence-electron chi connectivity index (χ3n) is 5.79. The number of carboxylic acid groups (broad SMARTS) is 1. The van der Waals surface area contributed by atoms with Crippen LogP contribution in [0.4, 0.5) is 5.69 Å². The summed E-state index contributed by atoms with van der Waals surface area (Å²) < 4.78 is 5.73. The molecule has 0 aromatic carbocycles. The summed E-state index contributed by atoms with van der Waals surface area (Å²) in [5.41, 5.74) is 1.21. The summed E-state index contributed by atoms with van der Waals surface area (Å²) in [5.74, 6) is -1.53. The van der Waals surface area contributed by atoms with Crippen LogP contribution in [0.1, 0.15) is 48.2 Å². The highest BCUT2D eigenvalue weighted by Crippen LogP contribution is 2.47. The fourth-order valence-corrected chi connectivity index (χ4v) is 5.00. The SMILES string of the molecule is Cl.O=C(Nc1ccc(CC(NC2=C(Cl)OC23CCCCC3)C(=O)O)nc1)c1c(Cl)cncc1Cl. The van der Waals surface area contributed by atoms with E-state index in [2.05, 4.69) is 20.6 Å². The van der Waals surface area contributed by atoms with E-state index in [1.807, 2.05) is 0 Å². The number of rotatable bonds is 7. The lowest BCUT2D eigenvalue weighted by Crippen LogP contribution is -2.53. The number of hydrogen-bond acceptors (Lipinski definition) is 6. The molecule has 1 amide bonds. The van der Waals surface area contributed by atoms with Crippen LogP contribution >= 0.6 is 47.2 Å². The molecule has 2 aliphatic rings. The molecule has 1 aliphatic carbocycles. The van der Waals surface area contributed by atoms with Gasteiger partial charge >= 0.3 is 5.97 Å². The van der Waals surface area contributed by atoms with Crippen molar-refractivity contribution in [3.63, 3.8) is 0 Å². The number of ether oxygens (including phenoxy) is 1. The number of carbonyl (C=O) groups excluding carboxylic acids is 1. The molecule has 0 saturated heterocycles. The molecule has 182 valence electrons. The number of anilines is 1. The Bertz CT molecular complexity index is 1080. The molecular weight excluding hydrogens is 526 g/mol. The lowest BCUT2D eigenvalue weighted by Gasteiger charge is -2.47. The van der Waals surface area contributed by atoms with Gasteiger partial charge in [0.05, 0.1) is 27.5 Å². The molecule has 0 bridgehead atoms. The Morgan fingerprint density at radius 1 is 1.09 bits per heavy atom. The van der Waals surface area contributed by atoms with Crippen molar-refractivity contribution in [1.82, 2.24) is 15.3 Å². The maximum Gasteiger partial charge on any atom is 0.326 e. The quantitative estimate of drug-likeness (QED) is 0.437. The fourth-order valence-electron chi connectivity index (χ4n) is 4.09. The molecule has 3 heterocycles. The first kappa shape index (κ1) is 26.3. The molecule has 1 spiro atoms. The zero-order valence-electron chi connectivity index (χ0n) is 17.8. The van der Waals surface area contributed by atoms with Crippen molar-refractivity contribution in [3.05, 3.63) is 62.9 Å². The minimum Gasteiger partial charge on any atom is -0.480 e. The van der Waals surface area contributed by atoms with Crippen LogP contribution < -0.4 is 10.6 Å². The van der Waals surface area contributed by atoms with Gasteiger partial charge < -0.3 is 20.5 Å². The van der Waals surface area contributed by atoms with E-state index < -0.39 is 23.5 Å². The first-order chi connectivity index (χ1) is 15.8. The smallest absolute Gasteiger partial charge is 0.326 e. The molecule has 34 heavy (non-hydrogen) atoms. The van der Waals surface area contributed by atoms with Crippen LogP contribution in [0.3, 0.4) is 0 Å². The van der Waals surface area contributed by atoms with Crippen molar-refractivity contribution in [3.8, 4) is 0 Å². The molecule has 1 unspecified atom stereocenters. The van der Waals surface area contributed by atoms with Crippen LogP contribution in [0.5, 0.6) is 0 Å². The van der Waals surface area contributed by atoms with E-state index in [1.165, 1.54) is 18.6 Å². The third-order valence-corrected chi connectivity index (χ3v) is 6.63. The molecule has 4 rings (SSSR count). The molecule has 1 atom stereocenters. The van der Waals surface area contributed by atoms with E-state index in [0.29, 0.717) is 17.1 Å². The number of nitrogens with zero attached hydrogens (tertiary/aromatic N) is 2. The highest BCUT2D eigenvalue weighted by atomic mass is 35.5. The molecule has 0 radical (unpaired) electrons. The van der Waals surface area contributed by atoms with Gasteiger partial charge in [-0.3, -0.25) is 14.8 Å². The Morgan fingerprint density at radius 2 is 1.76 bits per heavy atom. The Hall–Kier alpha value is -2.26. The first-order valence-corrected chi connectivity index (χ1v) is 11.6. The molecule has 2 aromatic rings. The van der Waals surface area contributed by atoms with Crippen LogP contribution in [-0.2, 0) is 16.0 Å². The number of carbonyl (C=O) groups is 2. The number of nitrogens with one attached hydrogen (secondary N) is 2.